The molecule has 0 bridgehead atoms. The Kier molecular flexibility index (Phi) is 7.91. The summed E-state index contributed by atoms with van der Waals surface area (Å²) in [5.74, 6) is 0.444. The van der Waals surface area contributed by atoms with Crippen molar-refractivity contribution in [3.8, 4) is 5.75 Å². The fourth-order valence-electron chi connectivity index (χ4n) is 4.71. The molecule has 0 fully saturated rings. The first-order chi connectivity index (χ1) is 18.0. The molecule has 1 aromatic heterocycles. The van der Waals surface area contributed by atoms with E-state index in [1.165, 1.54) is 5.56 Å². The molecule has 2 unspecified atom stereocenters. The minimum absolute atomic E-state index is 0.0902. The highest BCUT2D eigenvalue weighted by Crippen LogP contribution is 2.28. The van der Waals surface area contributed by atoms with Crippen molar-refractivity contribution >= 4 is 22.7 Å². The smallest absolute Gasteiger partial charge is 0.258 e. The summed E-state index contributed by atoms with van der Waals surface area (Å²) < 4.78 is 7.91. The number of primary amides is 1. The monoisotopic (exact) mass is 511 g/mol. The van der Waals surface area contributed by atoms with Crippen molar-refractivity contribution in [2.45, 2.75) is 66.2 Å². The average Bonchev–Trinajstić information content (AvgIpc) is 3.13. The van der Waals surface area contributed by atoms with Gasteiger partial charge in [-0.15, -0.1) is 0 Å². The molecule has 6 nitrogen and oxygen atoms in total. The summed E-state index contributed by atoms with van der Waals surface area (Å²) in [6, 6.07) is 21.9. The van der Waals surface area contributed by atoms with Crippen LogP contribution < -0.4 is 15.8 Å². The average molecular weight is 512 g/mol. The Hall–Kier alpha value is -4.06. The number of nitrogens with two attached hydrogens (primary N) is 1. The van der Waals surface area contributed by atoms with Crippen molar-refractivity contribution in [3.63, 3.8) is 0 Å². The maximum atomic E-state index is 13.2. The molecule has 4 rings (SSSR count). The third kappa shape index (κ3) is 5.75. The molecule has 1 heterocycles. The lowest BCUT2D eigenvalue weighted by atomic mass is 9.98. The van der Waals surface area contributed by atoms with Crippen molar-refractivity contribution in [3.05, 3.63) is 100 Å². The first-order valence-electron chi connectivity index (χ1n) is 13.1. The molecule has 198 valence electrons. The molecular weight excluding hydrogens is 474 g/mol. The van der Waals surface area contributed by atoms with Gasteiger partial charge >= 0.3 is 0 Å². The summed E-state index contributed by atoms with van der Waals surface area (Å²) in [5, 5.41) is 4.22. The molecule has 0 radical (unpaired) electrons. The number of aromatic nitrogens is 1. The van der Waals surface area contributed by atoms with Gasteiger partial charge in [0, 0.05) is 28.7 Å². The van der Waals surface area contributed by atoms with E-state index in [0.717, 1.165) is 33.3 Å². The lowest BCUT2D eigenvalue weighted by molar-refractivity contribution is -0.123. The predicted molar refractivity (Wildman–Crippen MR) is 153 cm³/mol. The maximum Gasteiger partial charge on any atom is 0.258 e. The molecule has 0 saturated heterocycles. The Morgan fingerprint density at radius 2 is 1.63 bits per heavy atom. The normalized spacial score (nSPS) is 12.9. The molecule has 2 atom stereocenters. The van der Waals surface area contributed by atoms with E-state index < -0.39 is 12.0 Å². The van der Waals surface area contributed by atoms with Crippen LogP contribution in [0.5, 0.6) is 5.75 Å². The molecule has 6 heteroatoms. The lowest BCUT2D eigenvalue weighted by Crippen LogP contribution is -2.30. The molecule has 0 aliphatic rings. The zero-order chi connectivity index (χ0) is 27.6. The minimum atomic E-state index is -0.701. The van der Waals surface area contributed by atoms with E-state index in [1.807, 2.05) is 55.5 Å². The van der Waals surface area contributed by atoms with Crippen LogP contribution in [-0.2, 0) is 11.3 Å². The van der Waals surface area contributed by atoms with E-state index in [-0.39, 0.29) is 11.9 Å². The summed E-state index contributed by atoms with van der Waals surface area (Å²) in [6.07, 6.45) is -0.701. The zero-order valence-electron chi connectivity index (χ0n) is 23.0. The number of nitrogens with zero attached hydrogens (tertiary/aromatic N) is 1. The van der Waals surface area contributed by atoms with Crippen LogP contribution in [0.25, 0.3) is 10.9 Å². The number of rotatable bonds is 9. The molecule has 0 spiro atoms. The van der Waals surface area contributed by atoms with E-state index >= 15 is 0 Å². The number of aryl methyl sites for hydroxylation is 1. The van der Waals surface area contributed by atoms with Crippen LogP contribution in [-0.4, -0.2) is 22.5 Å². The van der Waals surface area contributed by atoms with Gasteiger partial charge in [0.2, 0.25) is 0 Å². The Morgan fingerprint density at radius 1 is 0.921 bits per heavy atom. The maximum absolute atomic E-state index is 13.2. The number of fused-ring (bicyclic) bond motifs is 1. The standard InChI is InChI=1S/C32H37N3O3/c1-19(2)25-10-8-11-26(16-25)21(4)34-32(37)27-13-14-30-29(17-27)20(3)22(5)35(30)18-24-9-7-12-28(15-24)38-23(6)31(33)36/h7-17,19,21,23H,18H2,1-6H3,(H2,33,36)(H,34,37). The van der Waals surface area contributed by atoms with Gasteiger partial charge in [0.05, 0.1) is 6.04 Å². The summed E-state index contributed by atoms with van der Waals surface area (Å²) >= 11 is 0. The van der Waals surface area contributed by atoms with Gasteiger partial charge in [0.15, 0.2) is 6.10 Å². The van der Waals surface area contributed by atoms with Crippen molar-refractivity contribution in [2.24, 2.45) is 5.73 Å². The van der Waals surface area contributed by atoms with Gasteiger partial charge < -0.3 is 20.4 Å². The van der Waals surface area contributed by atoms with Crippen molar-refractivity contribution < 1.29 is 14.3 Å². The van der Waals surface area contributed by atoms with Crippen LogP contribution in [0.1, 0.15) is 78.0 Å². The largest absolute Gasteiger partial charge is 0.481 e. The molecule has 0 aliphatic carbocycles. The minimum Gasteiger partial charge on any atom is -0.481 e. The van der Waals surface area contributed by atoms with Crippen LogP contribution >= 0.6 is 0 Å². The van der Waals surface area contributed by atoms with Crippen LogP contribution in [0.2, 0.25) is 0 Å². The van der Waals surface area contributed by atoms with Gasteiger partial charge in [-0.2, -0.15) is 0 Å². The van der Waals surface area contributed by atoms with E-state index in [9.17, 15) is 9.59 Å². The quantitative estimate of drug-likeness (QED) is 0.282. The number of benzene rings is 3. The number of hydrogen-bond acceptors (Lipinski definition) is 3. The fourth-order valence-corrected chi connectivity index (χ4v) is 4.71. The first-order valence-corrected chi connectivity index (χ1v) is 13.1. The Balaban J connectivity index is 1.56. The molecule has 38 heavy (non-hydrogen) atoms. The molecule has 4 aromatic rings. The van der Waals surface area contributed by atoms with Crippen molar-refractivity contribution in [1.82, 2.24) is 9.88 Å². The number of hydrogen-bond donors (Lipinski definition) is 2. The third-order valence-electron chi connectivity index (χ3n) is 7.28. The molecular formula is C32H37N3O3. The van der Waals surface area contributed by atoms with E-state index in [4.69, 9.17) is 10.5 Å². The second-order valence-corrected chi connectivity index (χ2v) is 10.4. The summed E-state index contributed by atoms with van der Waals surface area (Å²) in [7, 11) is 0. The van der Waals surface area contributed by atoms with Gasteiger partial charge in [-0.1, -0.05) is 50.2 Å². The van der Waals surface area contributed by atoms with E-state index in [1.54, 1.807) is 6.92 Å². The zero-order valence-corrected chi connectivity index (χ0v) is 23.0. The van der Waals surface area contributed by atoms with Crippen LogP contribution in [0.3, 0.4) is 0 Å². The molecule has 2 amide bonds. The molecule has 3 aromatic carbocycles. The number of carbonyl (C=O) groups excluding carboxylic acids is 2. The second kappa shape index (κ2) is 11.1. The molecule has 3 N–H and O–H groups in total. The molecule has 0 saturated carbocycles. The van der Waals surface area contributed by atoms with Crippen LogP contribution in [0.4, 0.5) is 0 Å². The summed E-state index contributed by atoms with van der Waals surface area (Å²) in [5.41, 5.74) is 12.7. The summed E-state index contributed by atoms with van der Waals surface area (Å²) in [6.45, 7) is 12.8. The van der Waals surface area contributed by atoms with Gasteiger partial charge in [-0.3, -0.25) is 9.59 Å². The first kappa shape index (κ1) is 27.0. The Morgan fingerprint density at radius 3 is 2.34 bits per heavy atom. The van der Waals surface area contributed by atoms with E-state index in [0.29, 0.717) is 23.8 Å². The van der Waals surface area contributed by atoms with Gasteiger partial charge in [0.25, 0.3) is 11.8 Å². The van der Waals surface area contributed by atoms with Gasteiger partial charge in [-0.25, -0.2) is 0 Å². The number of carbonyl (C=O) groups is 2. The van der Waals surface area contributed by atoms with Crippen LogP contribution in [0, 0.1) is 13.8 Å². The third-order valence-corrected chi connectivity index (χ3v) is 7.28. The SMILES string of the molecule is Cc1c(C)n(Cc2cccc(OC(C)C(N)=O)c2)c2ccc(C(=O)NC(C)c3cccc(C(C)C)c3)cc12. The second-order valence-electron chi connectivity index (χ2n) is 10.4. The van der Waals surface area contributed by atoms with Gasteiger partial charge in [-0.05, 0) is 86.2 Å². The van der Waals surface area contributed by atoms with E-state index in [2.05, 4.69) is 55.8 Å². The Bertz CT molecular complexity index is 1480. The highest BCUT2D eigenvalue weighted by molar-refractivity contribution is 5.99. The predicted octanol–water partition coefficient (Wildman–Crippen LogP) is 6.17. The number of ether oxygens (including phenoxy) is 1. The van der Waals surface area contributed by atoms with Gasteiger partial charge in [0.1, 0.15) is 5.75 Å². The highest BCUT2D eigenvalue weighted by Gasteiger charge is 2.17. The number of nitrogens with one attached hydrogen (secondary N) is 1. The van der Waals surface area contributed by atoms with Crippen molar-refractivity contribution in [1.29, 1.82) is 0 Å². The molecule has 0 aliphatic heterocycles. The lowest BCUT2D eigenvalue weighted by Gasteiger charge is -2.17. The summed E-state index contributed by atoms with van der Waals surface area (Å²) in [4.78, 5) is 24.6. The van der Waals surface area contributed by atoms with Crippen molar-refractivity contribution in [2.75, 3.05) is 0 Å². The Labute approximate surface area is 224 Å². The number of amides is 2. The topological polar surface area (TPSA) is 86.3 Å². The highest BCUT2D eigenvalue weighted by atomic mass is 16.5. The van der Waals surface area contributed by atoms with Crippen LogP contribution in [0.15, 0.2) is 66.7 Å². The fraction of sp³-hybridized carbons (Fsp3) is 0.312.